The number of unbranched alkanes of at least 4 members (excludes halogenated alkanes) is 1. The average molecular weight is 486 g/mol. The van der Waals surface area contributed by atoms with E-state index < -0.39 is 6.17 Å². The van der Waals surface area contributed by atoms with Gasteiger partial charge in [0.25, 0.3) is 5.91 Å². The van der Waals surface area contributed by atoms with Gasteiger partial charge in [-0.2, -0.15) is 11.1 Å². The summed E-state index contributed by atoms with van der Waals surface area (Å²) in [7, 11) is 0. The third-order valence-corrected chi connectivity index (χ3v) is 5.89. The monoisotopic (exact) mass is 485 g/mol. The Morgan fingerprint density at radius 3 is 2.47 bits per heavy atom. The lowest BCUT2D eigenvalue weighted by Gasteiger charge is -2.12. The summed E-state index contributed by atoms with van der Waals surface area (Å²) in [5.74, 6) is 0.772. The third-order valence-electron chi connectivity index (χ3n) is 5.89. The molecule has 3 aromatic carbocycles. The van der Waals surface area contributed by atoms with E-state index >= 15 is 0 Å². The van der Waals surface area contributed by atoms with Gasteiger partial charge in [0.2, 0.25) is 0 Å². The molecule has 9 heteroatoms. The summed E-state index contributed by atoms with van der Waals surface area (Å²) in [6, 6.07) is 23.9. The van der Waals surface area contributed by atoms with Crippen LogP contribution in [-0.4, -0.2) is 12.5 Å². The van der Waals surface area contributed by atoms with Gasteiger partial charge in [-0.1, -0.05) is 36.4 Å². The molecule has 36 heavy (non-hydrogen) atoms. The quantitative estimate of drug-likeness (QED) is 0.229. The van der Waals surface area contributed by atoms with Crippen LogP contribution in [0.15, 0.2) is 88.1 Å². The van der Waals surface area contributed by atoms with Gasteiger partial charge in [-0.05, 0) is 61.2 Å². The molecule has 0 aliphatic carbocycles. The number of fused-ring (bicyclic) bond motifs is 1. The molecule has 1 amide bonds. The van der Waals surface area contributed by atoms with Crippen LogP contribution in [-0.2, 0) is 6.42 Å². The molecule has 1 aliphatic heterocycles. The van der Waals surface area contributed by atoms with Crippen LogP contribution >= 0.6 is 0 Å². The van der Waals surface area contributed by atoms with Gasteiger partial charge in [-0.3, -0.25) is 9.59 Å². The van der Waals surface area contributed by atoms with Crippen molar-refractivity contribution in [2.75, 3.05) is 11.9 Å². The van der Waals surface area contributed by atoms with Crippen molar-refractivity contribution in [3.63, 3.8) is 0 Å². The van der Waals surface area contributed by atoms with Crippen molar-refractivity contribution in [1.82, 2.24) is 21.9 Å². The number of benzene rings is 3. The molecule has 0 atom stereocenters. The number of carbonyl (C=O) groups is 1. The molecule has 5 N–H and O–H groups in total. The van der Waals surface area contributed by atoms with Crippen molar-refractivity contribution in [2.24, 2.45) is 0 Å². The molecule has 0 unspecified atom stereocenters. The molecular weight excluding hydrogens is 458 g/mol. The Bertz CT molecular complexity index is 1380. The molecule has 9 nitrogen and oxygen atoms in total. The van der Waals surface area contributed by atoms with Crippen LogP contribution in [0.1, 0.15) is 40.7 Å². The van der Waals surface area contributed by atoms with Crippen molar-refractivity contribution >= 4 is 22.6 Å². The number of ether oxygens (including phenoxy) is 1. The molecule has 1 aliphatic rings. The van der Waals surface area contributed by atoms with Gasteiger partial charge in [0, 0.05) is 11.6 Å². The SMILES string of the molecule is O=C(Nc1cccc2c(=O)cc(C3NNNN3)oc12)c1ccc(OCCCCc2ccccc2)cc1. The molecule has 5 rings (SSSR count). The second-order valence-electron chi connectivity index (χ2n) is 8.44. The molecular formula is C27H27N5O4. The summed E-state index contributed by atoms with van der Waals surface area (Å²) in [5, 5.41) is 3.24. The van der Waals surface area contributed by atoms with E-state index in [1.165, 1.54) is 11.6 Å². The maximum atomic E-state index is 12.9. The van der Waals surface area contributed by atoms with Crippen molar-refractivity contribution < 1.29 is 13.9 Å². The van der Waals surface area contributed by atoms with Crippen LogP contribution in [0.4, 0.5) is 5.69 Å². The minimum atomic E-state index is -0.447. The Balaban J connectivity index is 1.20. The smallest absolute Gasteiger partial charge is 0.255 e. The first-order valence-corrected chi connectivity index (χ1v) is 11.8. The van der Waals surface area contributed by atoms with Gasteiger partial charge >= 0.3 is 0 Å². The number of amides is 1. The number of hydrogen-bond acceptors (Lipinski definition) is 8. The lowest BCUT2D eigenvalue weighted by Crippen LogP contribution is -2.33. The Morgan fingerprint density at radius 2 is 1.69 bits per heavy atom. The molecule has 184 valence electrons. The van der Waals surface area contributed by atoms with Crippen LogP contribution in [0.5, 0.6) is 5.75 Å². The van der Waals surface area contributed by atoms with Crippen molar-refractivity contribution in [1.29, 1.82) is 0 Å². The predicted molar refractivity (Wildman–Crippen MR) is 137 cm³/mol. The summed E-state index contributed by atoms with van der Waals surface area (Å²) in [5.41, 5.74) is 13.4. The first-order chi connectivity index (χ1) is 17.7. The van der Waals surface area contributed by atoms with Crippen LogP contribution in [0.25, 0.3) is 11.0 Å². The molecule has 0 saturated carbocycles. The van der Waals surface area contributed by atoms with E-state index in [4.69, 9.17) is 9.15 Å². The van der Waals surface area contributed by atoms with E-state index in [1.54, 1.807) is 42.5 Å². The largest absolute Gasteiger partial charge is 0.494 e. The number of para-hydroxylation sites is 1. The molecule has 0 radical (unpaired) electrons. The van der Waals surface area contributed by atoms with E-state index in [2.05, 4.69) is 51.5 Å². The summed E-state index contributed by atoms with van der Waals surface area (Å²) >= 11 is 0. The zero-order chi connectivity index (χ0) is 24.7. The summed E-state index contributed by atoms with van der Waals surface area (Å²) in [6.45, 7) is 0.617. The van der Waals surface area contributed by atoms with E-state index in [-0.39, 0.29) is 11.3 Å². The Labute approximate surface area is 207 Å². The lowest BCUT2D eigenvalue weighted by atomic mass is 10.1. The number of hydrazine groups is 3. The van der Waals surface area contributed by atoms with Gasteiger partial charge in [0.15, 0.2) is 11.0 Å². The second-order valence-corrected chi connectivity index (χ2v) is 8.44. The average Bonchev–Trinajstić information content (AvgIpc) is 3.45. The van der Waals surface area contributed by atoms with Crippen LogP contribution < -0.4 is 37.4 Å². The Kier molecular flexibility index (Phi) is 7.34. The fraction of sp³-hybridized carbons (Fsp3) is 0.185. The molecule has 1 saturated heterocycles. The summed E-state index contributed by atoms with van der Waals surface area (Å²) in [6.07, 6.45) is 2.58. The van der Waals surface area contributed by atoms with Crippen molar-refractivity contribution in [3.05, 3.63) is 106 Å². The van der Waals surface area contributed by atoms with Gasteiger partial charge in [0.1, 0.15) is 17.7 Å². The van der Waals surface area contributed by atoms with Crippen LogP contribution in [0, 0.1) is 0 Å². The minimum Gasteiger partial charge on any atom is -0.494 e. The predicted octanol–water partition coefficient (Wildman–Crippen LogP) is 3.56. The number of nitrogens with one attached hydrogen (secondary N) is 5. The number of aryl methyl sites for hydroxylation is 1. The molecule has 2 heterocycles. The first-order valence-electron chi connectivity index (χ1n) is 11.8. The van der Waals surface area contributed by atoms with Crippen molar-refractivity contribution in [3.8, 4) is 5.75 Å². The van der Waals surface area contributed by atoms with Gasteiger partial charge in [-0.15, -0.1) is 0 Å². The first kappa shape index (κ1) is 23.7. The Morgan fingerprint density at radius 1 is 0.917 bits per heavy atom. The highest BCUT2D eigenvalue weighted by Gasteiger charge is 2.20. The highest BCUT2D eigenvalue weighted by Crippen LogP contribution is 2.25. The lowest BCUT2D eigenvalue weighted by molar-refractivity contribution is 0.102. The van der Waals surface area contributed by atoms with Gasteiger partial charge < -0.3 is 14.5 Å². The normalized spacial score (nSPS) is 13.7. The number of carbonyl (C=O) groups excluding carboxylic acids is 1. The van der Waals surface area contributed by atoms with Crippen molar-refractivity contribution in [2.45, 2.75) is 25.4 Å². The van der Waals surface area contributed by atoms with E-state index in [0.29, 0.717) is 40.3 Å². The van der Waals surface area contributed by atoms with E-state index in [0.717, 1.165) is 19.3 Å². The van der Waals surface area contributed by atoms with Crippen LogP contribution in [0.2, 0.25) is 0 Å². The zero-order valence-electron chi connectivity index (χ0n) is 19.5. The molecule has 0 spiro atoms. The van der Waals surface area contributed by atoms with Gasteiger partial charge in [0.05, 0.1) is 17.7 Å². The maximum absolute atomic E-state index is 12.9. The standard InChI is InChI=1S/C27H27N5O4/c33-23-17-24(26-29-31-32-30-26)36-25-21(23)10-6-11-22(25)28-27(34)19-12-14-20(15-13-19)35-16-5-4-9-18-7-2-1-3-8-18/h1-3,6-8,10-15,17,26,29-32H,4-5,9,16H2,(H,28,34). The number of anilines is 1. The molecule has 1 fully saturated rings. The third kappa shape index (κ3) is 5.61. The number of rotatable bonds is 9. The highest BCUT2D eigenvalue weighted by atomic mass is 16.5. The summed E-state index contributed by atoms with van der Waals surface area (Å²) < 4.78 is 11.8. The zero-order valence-corrected chi connectivity index (χ0v) is 19.5. The Hall–Kier alpha value is -4.02. The fourth-order valence-corrected chi connectivity index (χ4v) is 3.99. The summed E-state index contributed by atoms with van der Waals surface area (Å²) in [4.78, 5) is 25.5. The van der Waals surface area contributed by atoms with E-state index in [1.807, 2.05) is 6.07 Å². The molecule has 1 aromatic heterocycles. The topological polar surface area (TPSA) is 117 Å². The van der Waals surface area contributed by atoms with Gasteiger partial charge in [-0.25, -0.2) is 10.9 Å². The maximum Gasteiger partial charge on any atom is 0.255 e. The van der Waals surface area contributed by atoms with E-state index in [9.17, 15) is 9.59 Å². The second kappa shape index (κ2) is 11.1. The van der Waals surface area contributed by atoms with Crippen LogP contribution in [0.3, 0.4) is 0 Å². The molecule has 4 aromatic rings. The minimum absolute atomic E-state index is 0.205. The highest BCUT2D eigenvalue weighted by molar-refractivity contribution is 6.07. The fourth-order valence-electron chi connectivity index (χ4n) is 3.99. The molecule has 0 bridgehead atoms. The number of hydrogen-bond donors (Lipinski definition) is 5.